The van der Waals surface area contributed by atoms with Crippen LogP contribution in [0.3, 0.4) is 0 Å². The highest BCUT2D eigenvalue weighted by atomic mass is 35.5. The average molecular weight is 341 g/mol. The number of hydrogen-bond donors (Lipinski definition) is 0. The number of halogens is 2. The van der Waals surface area contributed by atoms with Gasteiger partial charge in [-0.3, -0.25) is 9.88 Å². The molecule has 0 bridgehead atoms. The van der Waals surface area contributed by atoms with Crippen molar-refractivity contribution in [2.75, 3.05) is 6.54 Å². The van der Waals surface area contributed by atoms with Crippen LogP contribution in [-0.2, 0) is 6.54 Å². The Kier molecular flexibility index (Phi) is 4.66. The van der Waals surface area contributed by atoms with Crippen LogP contribution in [0.15, 0.2) is 16.9 Å². The molecule has 0 saturated carbocycles. The van der Waals surface area contributed by atoms with Gasteiger partial charge in [-0.2, -0.15) is 4.98 Å². The van der Waals surface area contributed by atoms with Gasteiger partial charge in [-0.15, -0.1) is 0 Å². The monoisotopic (exact) mass is 340 g/mol. The molecule has 22 heavy (non-hydrogen) atoms. The molecule has 1 atom stereocenters. The molecule has 1 fully saturated rings. The van der Waals surface area contributed by atoms with Gasteiger partial charge in [0.25, 0.3) is 0 Å². The van der Waals surface area contributed by atoms with Gasteiger partial charge in [-0.05, 0) is 19.4 Å². The Hall–Kier alpha value is -1.17. The second-order valence-electron chi connectivity index (χ2n) is 5.86. The smallest absolute Gasteiger partial charge is 0.229 e. The van der Waals surface area contributed by atoms with Gasteiger partial charge in [0.2, 0.25) is 5.89 Å². The van der Waals surface area contributed by atoms with Gasteiger partial charge < -0.3 is 4.52 Å². The molecule has 2 aromatic rings. The van der Waals surface area contributed by atoms with Crippen molar-refractivity contribution < 1.29 is 4.52 Å². The van der Waals surface area contributed by atoms with E-state index in [2.05, 4.69) is 20.0 Å². The van der Waals surface area contributed by atoms with Gasteiger partial charge in [-0.25, -0.2) is 0 Å². The first-order valence-corrected chi connectivity index (χ1v) is 8.17. The lowest BCUT2D eigenvalue weighted by Crippen LogP contribution is -2.24. The fourth-order valence-corrected chi connectivity index (χ4v) is 3.20. The third-order valence-corrected chi connectivity index (χ3v) is 4.58. The highest BCUT2D eigenvalue weighted by Crippen LogP contribution is 2.34. The predicted octanol–water partition coefficient (Wildman–Crippen LogP) is 4.23. The molecule has 3 rings (SSSR count). The highest BCUT2D eigenvalue weighted by Gasteiger charge is 2.31. The molecule has 0 aliphatic carbocycles. The molecule has 1 aliphatic rings. The second kappa shape index (κ2) is 6.52. The van der Waals surface area contributed by atoms with E-state index in [0.717, 1.165) is 30.8 Å². The molecule has 5 nitrogen and oxygen atoms in total. The van der Waals surface area contributed by atoms with E-state index in [1.54, 1.807) is 12.4 Å². The van der Waals surface area contributed by atoms with E-state index < -0.39 is 0 Å². The van der Waals surface area contributed by atoms with Crippen molar-refractivity contribution in [3.8, 4) is 0 Å². The van der Waals surface area contributed by atoms with Gasteiger partial charge in [0, 0.05) is 30.4 Å². The summed E-state index contributed by atoms with van der Waals surface area (Å²) < 4.78 is 5.33. The first-order valence-electron chi connectivity index (χ1n) is 7.41. The lowest BCUT2D eigenvalue weighted by molar-refractivity contribution is 0.234. The first-order chi connectivity index (χ1) is 10.6. The van der Waals surface area contributed by atoms with Crippen LogP contribution in [0.5, 0.6) is 0 Å². The van der Waals surface area contributed by atoms with Crippen LogP contribution < -0.4 is 0 Å². The van der Waals surface area contributed by atoms with E-state index in [-0.39, 0.29) is 12.0 Å². The summed E-state index contributed by atoms with van der Waals surface area (Å²) in [5.41, 5.74) is 0.901. The summed E-state index contributed by atoms with van der Waals surface area (Å²) in [6.45, 7) is 5.71. The van der Waals surface area contributed by atoms with E-state index in [0.29, 0.717) is 22.5 Å². The van der Waals surface area contributed by atoms with Crippen molar-refractivity contribution in [3.63, 3.8) is 0 Å². The number of pyridine rings is 1. The Morgan fingerprint density at radius 3 is 2.68 bits per heavy atom. The maximum Gasteiger partial charge on any atom is 0.229 e. The van der Waals surface area contributed by atoms with Crippen molar-refractivity contribution in [3.05, 3.63) is 39.7 Å². The van der Waals surface area contributed by atoms with Crippen LogP contribution in [-0.4, -0.2) is 26.6 Å². The number of rotatable bonds is 4. The molecule has 0 amide bonds. The van der Waals surface area contributed by atoms with E-state index in [1.807, 2.05) is 13.8 Å². The Labute approximate surface area is 139 Å². The summed E-state index contributed by atoms with van der Waals surface area (Å²) >= 11 is 12.4. The maximum atomic E-state index is 6.22. The minimum Gasteiger partial charge on any atom is -0.339 e. The lowest BCUT2D eigenvalue weighted by atomic mass is 10.2. The zero-order valence-corrected chi connectivity index (χ0v) is 14.1. The van der Waals surface area contributed by atoms with Gasteiger partial charge >= 0.3 is 0 Å². The number of likely N-dealkylation sites (tertiary alicyclic amines) is 1. The minimum absolute atomic E-state index is 0.150. The van der Waals surface area contributed by atoms with Crippen molar-refractivity contribution in [1.82, 2.24) is 20.0 Å². The molecule has 0 spiro atoms. The largest absolute Gasteiger partial charge is 0.339 e. The second-order valence-corrected chi connectivity index (χ2v) is 6.67. The zero-order valence-electron chi connectivity index (χ0n) is 12.6. The van der Waals surface area contributed by atoms with Gasteiger partial charge in [0.15, 0.2) is 5.82 Å². The molecule has 3 heterocycles. The van der Waals surface area contributed by atoms with Crippen LogP contribution in [0, 0.1) is 0 Å². The molecule has 1 saturated heterocycles. The average Bonchev–Trinajstić information content (AvgIpc) is 3.11. The van der Waals surface area contributed by atoms with E-state index in [1.165, 1.54) is 0 Å². The van der Waals surface area contributed by atoms with E-state index in [4.69, 9.17) is 27.7 Å². The molecule has 0 aromatic carbocycles. The number of hydrogen-bond acceptors (Lipinski definition) is 5. The SMILES string of the molecule is CC(C)c1nc(C2CCCN2Cc2c(Cl)cncc2Cl)no1. The standard InChI is InChI=1S/C15H18Cl2N4O/c1-9(2)15-19-14(20-22-15)13-4-3-5-21(13)8-10-11(16)6-18-7-12(10)17/h6-7,9,13H,3-5,8H2,1-2H3. The third kappa shape index (κ3) is 3.12. The Morgan fingerprint density at radius 1 is 1.32 bits per heavy atom. The van der Waals surface area contributed by atoms with Crippen LogP contribution in [0.25, 0.3) is 0 Å². The summed E-state index contributed by atoms with van der Waals surface area (Å²) in [5.74, 6) is 1.67. The Morgan fingerprint density at radius 2 is 2.05 bits per heavy atom. The van der Waals surface area contributed by atoms with Gasteiger partial charge in [-0.1, -0.05) is 42.2 Å². The molecule has 118 valence electrons. The summed E-state index contributed by atoms with van der Waals surface area (Å²) in [6.07, 6.45) is 5.35. The van der Waals surface area contributed by atoms with E-state index >= 15 is 0 Å². The Bertz CT molecular complexity index is 638. The van der Waals surface area contributed by atoms with Crippen LogP contribution in [0.1, 0.15) is 55.9 Å². The van der Waals surface area contributed by atoms with Crippen molar-refractivity contribution in [2.24, 2.45) is 0 Å². The molecule has 1 unspecified atom stereocenters. The quantitative estimate of drug-likeness (QED) is 0.833. The van der Waals surface area contributed by atoms with Gasteiger partial charge in [0.05, 0.1) is 16.1 Å². The minimum atomic E-state index is 0.150. The fraction of sp³-hybridized carbons (Fsp3) is 0.533. The predicted molar refractivity (Wildman–Crippen MR) is 85.0 cm³/mol. The van der Waals surface area contributed by atoms with Gasteiger partial charge in [0.1, 0.15) is 0 Å². The maximum absolute atomic E-state index is 6.22. The zero-order chi connectivity index (χ0) is 15.7. The Balaban J connectivity index is 1.81. The summed E-state index contributed by atoms with van der Waals surface area (Å²) in [4.78, 5) is 10.8. The van der Waals surface area contributed by atoms with Crippen molar-refractivity contribution in [1.29, 1.82) is 0 Å². The number of aromatic nitrogens is 3. The summed E-state index contributed by atoms with van der Waals surface area (Å²) in [5, 5.41) is 5.33. The molecular formula is C15H18Cl2N4O. The highest BCUT2D eigenvalue weighted by molar-refractivity contribution is 6.35. The molecule has 0 N–H and O–H groups in total. The van der Waals surface area contributed by atoms with Crippen molar-refractivity contribution in [2.45, 2.75) is 45.2 Å². The van der Waals surface area contributed by atoms with Crippen LogP contribution >= 0.6 is 23.2 Å². The van der Waals surface area contributed by atoms with Crippen LogP contribution in [0.4, 0.5) is 0 Å². The molecule has 7 heteroatoms. The van der Waals surface area contributed by atoms with Crippen molar-refractivity contribution >= 4 is 23.2 Å². The lowest BCUT2D eigenvalue weighted by Gasteiger charge is -2.22. The first kappa shape index (κ1) is 15.7. The summed E-state index contributed by atoms with van der Waals surface area (Å²) in [7, 11) is 0. The molecular weight excluding hydrogens is 323 g/mol. The molecule has 1 aliphatic heterocycles. The van der Waals surface area contributed by atoms with Crippen LogP contribution in [0.2, 0.25) is 10.0 Å². The van der Waals surface area contributed by atoms with E-state index in [9.17, 15) is 0 Å². The molecule has 2 aromatic heterocycles. The number of nitrogens with zero attached hydrogens (tertiary/aromatic N) is 4. The third-order valence-electron chi connectivity index (χ3n) is 3.93. The summed E-state index contributed by atoms with van der Waals surface area (Å²) in [6, 6.07) is 0.150. The topological polar surface area (TPSA) is 55.1 Å². The fourth-order valence-electron chi connectivity index (χ4n) is 2.72. The normalized spacial score (nSPS) is 19.2. The molecule has 0 radical (unpaired) electrons.